The molecule has 7 nitrogen and oxygen atoms in total. The van der Waals surface area contributed by atoms with Gasteiger partial charge in [0.25, 0.3) is 11.8 Å². The van der Waals surface area contributed by atoms with E-state index < -0.39 is 5.54 Å². The minimum atomic E-state index is -1.15. The molecule has 1 unspecified atom stereocenters. The number of fused-ring (bicyclic) bond motifs is 5. The maximum atomic E-state index is 14.1. The van der Waals surface area contributed by atoms with E-state index in [0.717, 1.165) is 47.8 Å². The normalized spacial score (nSPS) is 22.8. The van der Waals surface area contributed by atoms with E-state index in [-0.39, 0.29) is 23.9 Å². The molecular formula is C29H32N4O3. The zero-order valence-corrected chi connectivity index (χ0v) is 20.7. The number of nitrogens with zero attached hydrogens (tertiary/aromatic N) is 2. The first kappa shape index (κ1) is 22.8. The Labute approximate surface area is 210 Å². The number of imide groups is 1. The number of aromatic nitrogens is 1. The second-order valence-electron chi connectivity index (χ2n) is 10.5. The van der Waals surface area contributed by atoms with Crippen LogP contribution < -0.4 is 10.2 Å². The number of urea groups is 1. The summed E-state index contributed by atoms with van der Waals surface area (Å²) in [6.45, 7) is 2.26. The molecule has 3 heterocycles. The number of benzene rings is 2. The van der Waals surface area contributed by atoms with E-state index >= 15 is 0 Å². The first-order valence-corrected chi connectivity index (χ1v) is 13.2. The number of nitrogens with one attached hydrogen (secondary N) is 2. The standard InChI is InChI=1S/C29H32N4O3/c1-29-25-21(20-13-7-9-15-23(20)31-25)17-18-32(29)28(36)33(27(29)35)24-16-10-8-14-22(24)26(34)30-19-11-5-3-2-4-6-12-19/h7-10,13-16,19,31H,2-6,11-12,17-18H2,1H3,(H,30,34). The van der Waals surface area contributed by atoms with Crippen molar-refractivity contribution in [2.24, 2.45) is 0 Å². The van der Waals surface area contributed by atoms with Crippen molar-refractivity contribution in [1.82, 2.24) is 15.2 Å². The molecule has 1 saturated heterocycles. The maximum absolute atomic E-state index is 14.1. The molecule has 4 amide bonds. The molecule has 1 aliphatic carbocycles. The number of anilines is 1. The summed E-state index contributed by atoms with van der Waals surface area (Å²) >= 11 is 0. The van der Waals surface area contributed by atoms with Crippen LogP contribution in [0.5, 0.6) is 0 Å². The molecule has 0 radical (unpaired) electrons. The Hall–Kier alpha value is -3.61. The molecule has 2 N–H and O–H groups in total. The Kier molecular flexibility index (Phi) is 5.58. The SMILES string of the molecule is CC12C(=O)N(c3ccccc3C(=O)NC3CCCCCCC3)C(=O)N1CCc1c2[nH]c2ccccc12. The first-order valence-electron chi connectivity index (χ1n) is 13.2. The van der Waals surface area contributed by atoms with E-state index in [4.69, 9.17) is 0 Å². The Morgan fingerprint density at radius 1 is 0.972 bits per heavy atom. The Bertz CT molecular complexity index is 1350. The fourth-order valence-electron chi connectivity index (χ4n) is 6.33. The molecule has 6 rings (SSSR count). The molecule has 2 aliphatic heterocycles. The summed E-state index contributed by atoms with van der Waals surface area (Å²) in [4.78, 5) is 47.5. The van der Waals surface area contributed by atoms with Crippen LogP contribution in [0.15, 0.2) is 48.5 Å². The molecule has 3 aliphatic rings. The van der Waals surface area contributed by atoms with Gasteiger partial charge in [-0.25, -0.2) is 9.69 Å². The molecule has 36 heavy (non-hydrogen) atoms. The molecule has 1 saturated carbocycles. The summed E-state index contributed by atoms with van der Waals surface area (Å²) in [7, 11) is 0. The van der Waals surface area contributed by atoms with Crippen molar-refractivity contribution in [3.8, 4) is 0 Å². The van der Waals surface area contributed by atoms with Gasteiger partial charge in [-0.15, -0.1) is 0 Å². The minimum absolute atomic E-state index is 0.119. The van der Waals surface area contributed by atoms with Crippen LogP contribution in [0, 0.1) is 0 Å². The van der Waals surface area contributed by atoms with Gasteiger partial charge in [0.2, 0.25) is 0 Å². The van der Waals surface area contributed by atoms with Crippen molar-refractivity contribution in [1.29, 1.82) is 0 Å². The Morgan fingerprint density at radius 2 is 1.67 bits per heavy atom. The van der Waals surface area contributed by atoms with Gasteiger partial charge in [-0.05, 0) is 49.9 Å². The van der Waals surface area contributed by atoms with Gasteiger partial charge >= 0.3 is 6.03 Å². The van der Waals surface area contributed by atoms with Crippen LogP contribution in [-0.4, -0.2) is 40.3 Å². The lowest BCUT2D eigenvalue weighted by molar-refractivity contribution is -0.125. The van der Waals surface area contributed by atoms with Crippen molar-refractivity contribution in [2.75, 3.05) is 11.4 Å². The van der Waals surface area contributed by atoms with Gasteiger partial charge in [0.15, 0.2) is 5.54 Å². The average molecular weight is 485 g/mol. The average Bonchev–Trinajstić information content (AvgIpc) is 3.34. The summed E-state index contributed by atoms with van der Waals surface area (Å²) in [6.07, 6.45) is 8.47. The van der Waals surface area contributed by atoms with Gasteiger partial charge in [0.05, 0.1) is 16.9 Å². The van der Waals surface area contributed by atoms with Gasteiger partial charge in [0.1, 0.15) is 0 Å². The number of hydrogen-bond acceptors (Lipinski definition) is 3. The molecular weight excluding hydrogens is 452 g/mol. The van der Waals surface area contributed by atoms with Crippen LogP contribution in [0.4, 0.5) is 10.5 Å². The largest absolute Gasteiger partial charge is 0.356 e. The second-order valence-corrected chi connectivity index (χ2v) is 10.5. The topological polar surface area (TPSA) is 85.5 Å². The number of para-hydroxylation sites is 2. The number of carbonyl (C=O) groups is 3. The van der Waals surface area contributed by atoms with Gasteiger partial charge in [-0.1, -0.05) is 62.4 Å². The molecule has 1 atom stereocenters. The third kappa shape index (κ3) is 3.44. The smallest absolute Gasteiger partial charge is 0.332 e. The van der Waals surface area contributed by atoms with E-state index in [1.54, 1.807) is 29.2 Å². The number of aromatic amines is 1. The summed E-state index contributed by atoms with van der Waals surface area (Å²) < 4.78 is 0. The molecule has 186 valence electrons. The van der Waals surface area contributed by atoms with Crippen LogP contribution >= 0.6 is 0 Å². The van der Waals surface area contributed by atoms with E-state index in [9.17, 15) is 14.4 Å². The summed E-state index contributed by atoms with van der Waals surface area (Å²) in [5, 5.41) is 4.28. The van der Waals surface area contributed by atoms with E-state index in [1.807, 2.05) is 25.1 Å². The van der Waals surface area contributed by atoms with Gasteiger partial charge in [0, 0.05) is 23.5 Å². The zero-order valence-electron chi connectivity index (χ0n) is 20.7. The van der Waals surface area contributed by atoms with Crippen LogP contribution in [0.1, 0.15) is 73.5 Å². The second kappa shape index (κ2) is 8.80. The maximum Gasteiger partial charge on any atom is 0.332 e. The van der Waals surface area contributed by atoms with E-state index in [0.29, 0.717) is 24.2 Å². The Balaban J connectivity index is 1.35. The highest BCUT2D eigenvalue weighted by Crippen LogP contribution is 2.45. The highest BCUT2D eigenvalue weighted by Gasteiger charge is 2.59. The van der Waals surface area contributed by atoms with E-state index in [2.05, 4.69) is 16.4 Å². The summed E-state index contributed by atoms with van der Waals surface area (Å²) in [5.74, 6) is -0.552. The van der Waals surface area contributed by atoms with Crippen molar-refractivity contribution in [3.63, 3.8) is 0 Å². The quantitative estimate of drug-likeness (QED) is 0.498. The number of rotatable bonds is 3. The van der Waals surface area contributed by atoms with Gasteiger partial charge in [-0.3, -0.25) is 9.59 Å². The summed E-state index contributed by atoms with van der Waals surface area (Å²) in [6, 6.07) is 14.7. The summed E-state index contributed by atoms with van der Waals surface area (Å²) in [5.41, 5.74) is 2.39. The number of amides is 4. The number of hydrogen-bond donors (Lipinski definition) is 2. The van der Waals surface area contributed by atoms with Crippen LogP contribution in [0.2, 0.25) is 0 Å². The zero-order chi connectivity index (χ0) is 24.9. The van der Waals surface area contributed by atoms with Crippen LogP contribution in [0.3, 0.4) is 0 Å². The molecule has 0 spiro atoms. The van der Waals surface area contributed by atoms with Crippen molar-refractivity contribution >= 4 is 34.4 Å². The lowest BCUT2D eigenvalue weighted by Gasteiger charge is -2.35. The number of carbonyl (C=O) groups excluding carboxylic acids is 3. The van der Waals surface area contributed by atoms with Gasteiger partial charge < -0.3 is 15.2 Å². The van der Waals surface area contributed by atoms with Crippen LogP contribution in [0.25, 0.3) is 10.9 Å². The lowest BCUT2D eigenvalue weighted by atomic mass is 9.87. The number of H-pyrrole nitrogens is 1. The fourth-order valence-corrected chi connectivity index (χ4v) is 6.33. The molecule has 1 aromatic heterocycles. The minimum Gasteiger partial charge on any atom is -0.356 e. The predicted molar refractivity (Wildman–Crippen MR) is 139 cm³/mol. The monoisotopic (exact) mass is 484 g/mol. The van der Waals surface area contributed by atoms with Gasteiger partial charge in [-0.2, -0.15) is 0 Å². The highest BCUT2D eigenvalue weighted by molar-refractivity contribution is 6.25. The first-order chi connectivity index (χ1) is 17.5. The molecule has 2 fully saturated rings. The lowest BCUT2D eigenvalue weighted by Crippen LogP contribution is -2.49. The Morgan fingerprint density at radius 3 is 2.47 bits per heavy atom. The molecule has 0 bridgehead atoms. The predicted octanol–water partition coefficient (Wildman–Crippen LogP) is 5.25. The molecule has 7 heteroatoms. The van der Waals surface area contributed by atoms with Crippen molar-refractivity contribution in [3.05, 3.63) is 65.4 Å². The highest BCUT2D eigenvalue weighted by atomic mass is 16.2. The molecule has 3 aromatic rings. The third-order valence-corrected chi connectivity index (χ3v) is 8.30. The fraction of sp³-hybridized carbons (Fsp3) is 0.414. The van der Waals surface area contributed by atoms with Crippen molar-refractivity contribution < 1.29 is 14.4 Å². The molecule has 2 aromatic carbocycles. The van der Waals surface area contributed by atoms with Crippen molar-refractivity contribution in [2.45, 2.75) is 69.9 Å². The van der Waals surface area contributed by atoms with Crippen LogP contribution in [-0.2, 0) is 16.8 Å². The van der Waals surface area contributed by atoms with E-state index in [1.165, 1.54) is 24.2 Å². The third-order valence-electron chi connectivity index (χ3n) is 8.30.